The molecule has 0 aliphatic rings. The Balaban J connectivity index is 1.75. The van der Waals surface area contributed by atoms with Gasteiger partial charge in [0.25, 0.3) is 5.91 Å². The van der Waals surface area contributed by atoms with E-state index in [2.05, 4.69) is 10.3 Å². The lowest BCUT2D eigenvalue weighted by Crippen LogP contribution is -2.27. The summed E-state index contributed by atoms with van der Waals surface area (Å²) < 4.78 is 7.03. The Morgan fingerprint density at radius 2 is 2.28 bits per heavy atom. The van der Waals surface area contributed by atoms with Gasteiger partial charge < -0.3 is 14.3 Å². The average Bonchev–Trinajstić information content (AvgIpc) is 3.33. The van der Waals surface area contributed by atoms with Crippen LogP contribution in [0.5, 0.6) is 0 Å². The molecule has 124 valence electrons. The molecule has 0 aliphatic heterocycles. The third kappa shape index (κ3) is 3.85. The van der Waals surface area contributed by atoms with Gasteiger partial charge in [0.2, 0.25) is 0 Å². The number of furan rings is 1. The number of nitriles is 1. The van der Waals surface area contributed by atoms with E-state index in [1.165, 1.54) is 12.3 Å². The Hall–Kier alpha value is -3.59. The van der Waals surface area contributed by atoms with Crippen molar-refractivity contribution < 1.29 is 9.21 Å². The highest BCUT2D eigenvalue weighted by atomic mass is 16.3. The second kappa shape index (κ2) is 7.32. The number of hydrogen-bond donors (Lipinski definition) is 1. The van der Waals surface area contributed by atoms with E-state index < -0.39 is 5.91 Å². The fraction of sp³-hybridized carbons (Fsp3) is 0.105. The highest BCUT2D eigenvalue weighted by molar-refractivity contribution is 6.01. The van der Waals surface area contributed by atoms with Gasteiger partial charge in [-0.05, 0) is 36.8 Å². The van der Waals surface area contributed by atoms with Crippen LogP contribution < -0.4 is 5.32 Å². The van der Waals surface area contributed by atoms with Gasteiger partial charge in [0.15, 0.2) is 0 Å². The van der Waals surface area contributed by atoms with Crippen LogP contribution in [0.1, 0.15) is 24.3 Å². The van der Waals surface area contributed by atoms with Gasteiger partial charge in [-0.1, -0.05) is 12.1 Å². The van der Waals surface area contributed by atoms with Crippen LogP contribution in [0.3, 0.4) is 0 Å². The number of benzene rings is 1. The summed E-state index contributed by atoms with van der Waals surface area (Å²) in [5.74, 6) is 0.0147. The van der Waals surface area contributed by atoms with Crippen molar-refractivity contribution in [3.8, 4) is 11.8 Å². The molecule has 3 rings (SSSR count). The van der Waals surface area contributed by atoms with E-state index in [4.69, 9.17) is 4.42 Å². The molecule has 2 aromatic heterocycles. The number of aromatic nitrogens is 2. The summed E-state index contributed by atoms with van der Waals surface area (Å²) in [6.45, 7) is 1.87. The summed E-state index contributed by atoms with van der Waals surface area (Å²) >= 11 is 0. The third-order valence-electron chi connectivity index (χ3n) is 3.72. The highest BCUT2D eigenvalue weighted by Gasteiger charge is 2.14. The molecule has 0 radical (unpaired) electrons. The van der Waals surface area contributed by atoms with Crippen molar-refractivity contribution in [3.05, 3.63) is 78.3 Å². The molecule has 1 unspecified atom stereocenters. The third-order valence-corrected chi connectivity index (χ3v) is 3.72. The Kier molecular flexibility index (Phi) is 4.77. The summed E-state index contributed by atoms with van der Waals surface area (Å²) in [7, 11) is 0. The quantitative estimate of drug-likeness (QED) is 0.574. The molecule has 0 saturated carbocycles. The van der Waals surface area contributed by atoms with Crippen LogP contribution >= 0.6 is 0 Å². The molecule has 6 heteroatoms. The van der Waals surface area contributed by atoms with Gasteiger partial charge in [-0.15, -0.1) is 0 Å². The van der Waals surface area contributed by atoms with E-state index in [0.717, 1.165) is 11.3 Å². The monoisotopic (exact) mass is 332 g/mol. The van der Waals surface area contributed by atoms with E-state index >= 15 is 0 Å². The van der Waals surface area contributed by atoms with Crippen LogP contribution in [0.15, 0.2) is 71.4 Å². The Morgan fingerprint density at radius 3 is 2.96 bits per heavy atom. The summed E-state index contributed by atoms with van der Waals surface area (Å²) in [4.78, 5) is 16.4. The number of nitrogens with zero attached hydrogens (tertiary/aromatic N) is 3. The normalized spacial score (nSPS) is 12.4. The summed E-state index contributed by atoms with van der Waals surface area (Å²) in [5.41, 5.74) is 1.87. The molecule has 0 aliphatic carbocycles. The second-order valence-electron chi connectivity index (χ2n) is 5.45. The molecule has 6 nitrogen and oxygen atoms in total. The van der Waals surface area contributed by atoms with Crippen LogP contribution in [0.2, 0.25) is 0 Å². The Labute approximate surface area is 145 Å². The molecule has 0 spiro atoms. The maximum Gasteiger partial charge on any atom is 0.262 e. The van der Waals surface area contributed by atoms with Crippen LogP contribution in [0, 0.1) is 11.3 Å². The maximum atomic E-state index is 12.3. The van der Waals surface area contributed by atoms with Gasteiger partial charge in [-0.2, -0.15) is 5.26 Å². The largest absolute Gasteiger partial charge is 0.465 e. The minimum atomic E-state index is -0.445. The molecular weight excluding hydrogens is 316 g/mol. The highest BCUT2D eigenvalue weighted by Crippen LogP contribution is 2.17. The smallest absolute Gasteiger partial charge is 0.262 e. The minimum absolute atomic E-state index is 0.00689. The summed E-state index contributed by atoms with van der Waals surface area (Å²) in [6, 6.07) is 12.8. The van der Waals surface area contributed by atoms with Gasteiger partial charge in [-0.3, -0.25) is 4.79 Å². The summed E-state index contributed by atoms with van der Waals surface area (Å²) in [6.07, 6.45) is 8.17. The first-order valence-electron chi connectivity index (χ1n) is 7.72. The lowest BCUT2D eigenvalue weighted by atomic mass is 10.1. The van der Waals surface area contributed by atoms with Crippen molar-refractivity contribution in [2.45, 2.75) is 13.0 Å². The molecule has 25 heavy (non-hydrogen) atoms. The van der Waals surface area contributed by atoms with Crippen molar-refractivity contribution in [2.75, 3.05) is 0 Å². The van der Waals surface area contributed by atoms with E-state index in [-0.39, 0.29) is 11.6 Å². The van der Waals surface area contributed by atoms with E-state index in [9.17, 15) is 10.1 Å². The fourth-order valence-corrected chi connectivity index (χ4v) is 2.39. The van der Waals surface area contributed by atoms with Crippen molar-refractivity contribution in [3.63, 3.8) is 0 Å². The number of nitrogens with one attached hydrogen (secondary N) is 1. The number of hydrogen-bond acceptors (Lipinski definition) is 4. The molecule has 1 aromatic carbocycles. The molecular formula is C19H16N4O2. The SMILES string of the molecule is CC(NC(=O)/C(C#N)=C/c1ccco1)c1cccc(-n2ccnc2)c1. The van der Waals surface area contributed by atoms with Crippen LogP contribution in [-0.4, -0.2) is 15.5 Å². The number of imidazole rings is 1. The number of carbonyl (C=O) groups is 1. The zero-order valence-electron chi connectivity index (χ0n) is 13.6. The first-order chi connectivity index (χ1) is 12.2. The second-order valence-corrected chi connectivity index (χ2v) is 5.45. The molecule has 2 heterocycles. The molecule has 0 bridgehead atoms. The number of carbonyl (C=O) groups excluding carboxylic acids is 1. The van der Waals surface area contributed by atoms with Gasteiger partial charge in [0.05, 0.1) is 18.6 Å². The topological polar surface area (TPSA) is 83.9 Å². The van der Waals surface area contributed by atoms with Crippen molar-refractivity contribution in [1.82, 2.24) is 14.9 Å². The molecule has 1 N–H and O–H groups in total. The van der Waals surface area contributed by atoms with Gasteiger partial charge in [0, 0.05) is 24.2 Å². The van der Waals surface area contributed by atoms with Gasteiger partial charge in [-0.25, -0.2) is 4.98 Å². The summed E-state index contributed by atoms with van der Waals surface area (Å²) in [5, 5.41) is 12.1. The predicted molar refractivity (Wildman–Crippen MR) is 92.4 cm³/mol. The standard InChI is InChI=1S/C19H16N4O2/c1-14(15-4-2-5-17(10-15)23-8-7-21-13-23)22-19(24)16(12-20)11-18-6-3-9-25-18/h2-11,13-14H,1H3,(H,22,24)/b16-11+. The zero-order valence-corrected chi connectivity index (χ0v) is 13.6. The van der Waals surface area contributed by atoms with Crippen LogP contribution in [-0.2, 0) is 4.79 Å². The van der Waals surface area contributed by atoms with E-state index in [1.807, 2.05) is 48.0 Å². The van der Waals surface area contributed by atoms with E-state index in [0.29, 0.717) is 5.76 Å². The van der Waals surface area contributed by atoms with Crippen LogP contribution in [0.25, 0.3) is 11.8 Å². The lowest BCUT2D eigenvalue weighted by Gasteiger charge is -2.15. The first kappa shape index (κ1) is 16.3. The molecule has 1 atom stereocenters. The molecule has 3 aromatic rings. The number of rotatable bonds is 5. The van der Waals surface area contributed by atoms with E-state index in [1.54, 1.807) is 24.7 Å². The molecule has 0 saturated heterocycles. The van der Waals surface area contributed by atoms with Gasteiger partial charge in [0.1, 0.15) is 17.4 Å². The average molecular weight is 332 g/mol. The van der Waals surface area contributed by atoms with Gasteiger partial charge >= 0.3 is 0 Å². The Morgan fingerprint density at radius 1 is 1.40 bits per heavy atom. The zero-order chi connectivity index (χ0) is 17.6. The fourth-order valence-electron chi connectivity index (χ4n) is 2.39. The molecule has 1 amide bonds. The van der Waals surface area contributed by atoms with Crippen molar-refractivity contribution in [2.24, 2.45) is 0 Å². The minimum Gasteiger partial charge on any atom is -0.465 e. The van der Waals surface area contributed by atoms with Crippen molar-refractivity contribution in [1.29, 1.82) is 5.26 Å². The van der Waals surface area contributed by atoms with Crippen molar-refractivity contribution >= 4 is 12.0 Å². The lowest BCUT2D eigenvalue weighted by molar-refractivity contribution is -0.117. The number of amides is 1. The first-order valence-corrected chi connectivity index (χ1v) is 7.72. The van der Waals surface area contributed by atoms with Crippen LogP contribution in [0.4, 0.5) is 0 Å². The maximum absolute atomic E-state index is 12.3. The predicted octanol–water partition coefficient (Wildman–Crippen LogP) is 3.25. The molecule has 0 fully saturated rings. The Bertz CT molecular complexity index is 919.